The number of pyridine rings is 1. The van der Waals surface area contributed by atoms with Gasteiger partial charge in [-0.25, -0.2) is 0 Å². The first kappa shape index (κ1) is 14.4. The Morgan fingerprint density at radius 2 is 1.88 bits per heavy atom. The van der Waals surface area contributed by atoms with Gasteiger partial charge < -0.3 is 10.2 Å². The fourth-order valence-electron chi connectivity index (χ4n) is 2.70. The van der Waals surface area contributed by atoms with Crippen LogP contribution in [0.4, 0.5) is 5.69 Å². The van der Waals surface area contributed by atoms with Crippen LogP contribution in [0.15, 0.2) is 72.0 Å². The van der Waals surface area contributed by atoms with Crippen molar-refractivity contribution in [3.05, 3.63) is 72.4 Å². The number of amides is 1. The van der Waals surface area contributed by atoms with Crippen LogP contribution in [0.25, 0.3) is 10.9 Å². The summed E-state index contributed by atoms with van der Waals surface area (Å²) in [7, 11) is 0. The first-order valence-corrected chi connectivity index (χ1v) is 7.73. The number of hydrogen-bond donors (Lipinski definition) is 1. The van der Waals surface area contributed by atoms with Gasteiger partial charge in [0.15, 0.2) is 6.10 Å². The Morgan fingerprint density at radius 1 is 1.08 bits per heavy atom. The number of oxime groups is 1. The number of hydrogen-bond acceptors (Lipinski definition) is 4. The molecule has 0 fully saturated rings. The molecule has 0 saturated heterocycles. The Labute approximate surface area is 139 Å². The zero-order valence-corrected chi connectivity index (χ0v) is 12.8. The number of benzene rings is 2. The third-order valence-corrected chi connectivity index (χ3v) is 3.95. The molecule has 0 saturated carbocycles. The number of aromatic nitrogens is 1. The van der Waals surface area contributed by atoms with Crippen LogP contribution in [0, 0.1) is 0 Å². The molecule has 5 nitrogen and oxygen atoms in total. The number of anilines is 1. The molecule has 0 bridgehead atoms. The SMILES string of the molecule is O=C(Nc1cnc2ccccc2c1)C1=NOC(c2ccccc2)C1. The predicted molar refractivity (Wildman–Crippen MR) is 92.7 cm³/mol. The molecule has 4 rings (SSSR count). The van der Waals surface area contributed by atoms with Gasteiger partial charge in [0.25, 0.3) is 5.91 Å². The first-order chi connectivity index (χ1) is 11.8. The van der Waals surface area contributed by atoms with Crippen LogP contribution in [0.3, 0.4) is 0 Å². The lowest BCUT2D eigenvalue weighted by molar-refractivity contribution is -0.110. The van der Waals surface area contributed by atoms with Gasteiger partial charge in [-0.15, -0.1) is 0 Å². The number of nitrogens with one attached hydrogen (secondary N) is 1. The van der Waals surface area contributed by atoms with Gasteiger partial charge in [-0.1, -0.05) is 53.7 Å². The summed E-state index contributed by atoms with van der Waals surface area (Å²) in [5.41, 5.74) is 2.93. The molecule has 1 atom stereocenters. The molecule has 2 heterocycles. The number of nitrogens with zero attached hydrogens (tertiary/aromatic N) is 2. The number of para-hydroxylation sites is 1. The highest BCUT2D eigenvalue weighted by atomic mass is 16.6. The zero-order chi connectivity index (χ0) is 16.4. The van der Waals surface area contributed by atoms with Gasteiger partial charge in [-0.05, 0) is 17.7 Å². The van der Waals surface area contributed by atoms with Crippen LogP contribution in [0.1, 0.15) is 18.1 Å². The lowest BCUT2D eigenvalue weighted by atomic mass is 10.0. The molecular weight excluding hydrogens is 302 g/mol. The smallest absolute Gasteiger partial charge is 0.273 e. The Kier molecular flexibility index (Phi) is 3.67. The fraction of sp³-hybridized carbons (Fsp3) is 0.105. The maximum atomic E-state index is 12.4. The van der Waals surface area contributed by atoms with Crippen LogP contribution in [0.5, 0.6) is 0 Å². The summed E-state index contributed by atoms with van der Waals surface area (Å²) in [6.07, 6.45) is 1.89. The average Bonchev–Trinajstić information content (AvgIpc) is 3.13. The van der Waals surface area contributed by atoms with E-state index in [-0.39, 0.29) is 12.0 Å². The monoisotopic (exact) mass is 317 g/mol. The minimum atomic E-state index is -0.259. The quantitative estimate of drug-likeness (QED) is 0.801. The van der Waals surface area contributed by atoms with Crippen LogP contribution < -0.4 is 5.32 Å². The Bertz CT molecular complexity index is 922. The zero-order valence-electron chi connectivity index (χ0n) is 12.8. The molecule has 118 valence electrons. The second-order valence-electron chi connectivity index (χ2n) is 5.62. The van der Waals surface area contributed by atoms with Crippen molar-refractivity contribution in [1.82, 2.24) is 4.98 Å². The van der Waals surface area contributed by atoms with E-state index in [2.05, 4.69) is 15.5 Å². The summed E-state index contributed by atoms with van der Waals surface area (Å²) < 4.78 is 0. The van der Waals surface area contributed by atoms with E-state index in [0.29, 0.717) is 17.8 Å². The van der Waals surface area contributed by atoms with Crippen molar-refractivity contribution in [2.24, 2.45) is 5.16 Å². The predicted octanol–water partition coefficient (Wildman–Crippen LogP) is 3.69. The molecule has 24 heavy (non-hydrogen) atoms. The highest BCUT2D eigenvalue weighted by molar-refractivity contribution is 6.43. The minimum absolute atomic E-state index is 0.207. The third-order valence-electron chi connectivity index (χ3n) is 3.95. The lowest BCUT2D eigenvalue weighted by Gasteiger charge is -2.07. The topological polar surface area (TPSA) is 63.6 Å². The first-order valence-electron chi connectivity index (χ1n) is 7.73. The van der Waals surface area contributed by atoms with E-state index in [4.69, 9.17) is 4.84 Å². The molecule has 1 amide bonds. The Morgan fingerprint density at radius 3 is 2.75 bits per heavy atom. The maximum absolute atomic E-state index is 12.4. The lowest BCUT2D eigenvalue weighted by Crippen LogP contribution is -2.21. The van der Waals surface area contributed by atoms with Gasteiger partial charge in [-0.3, -0.25) is 9.78 Å². The molecule has 0 radical (unpaired) electrons. The molecule has 1 aliphatic heterocycles. The fourth-order valence-corrected chi connectivity index (χ4v) is 2.70. The highest BCUT2D eigenvalue weighted by Crippen LogP contribution is 2.27. The molecule has 1 aromatic heterocycles. The van der Waals surface area contributed by atoms with Crippen molar-refractivity contribution in [3.8, 4) is 0 Å². The summed E-state index contributed by atoms with van der Waals surface area (Å²) in [6.45, 7) is 0. The van der Waals surface area contributed by atoms with E-state index >= 15 is 0 Å². The number of rotatable bonds is 3. The average molecular weight is 317 g/mol. The summed E-state index contributed by atoms with van der Waals surface area (Å²) in [5.74, 6) is -0.259. The standard InChI is InChI=1S/C19H15N3O2/c23-19(17-11-18(24-22-17)13-6-2-1-3-7-13)21-15-10-14-8-4-5-9-16(14)20-12-15/h1-10,12,18H,11H2,(H,21,23). The van der Waals surface area contributed by atoms with E-state index in [9.17, 15) is 4.79 Å². The minimum Gasteiger partial charge on any atom is -0.387 e. The Balaban J connectivity index is 1.46. The number of carbonyl (C=O) groups is 1. The molecule has 3 aromatic rings. The number of fused-ring (bicyclic) bond motifs is 1. The second-order valence-corrected chi connectivity index (χ2v) is 5.62. The largest absolute Gasteiger partial charge is 0.387 e. The Hall–Kier alpha value is -3.21. The summed E-state index contributed by atoms with van der Waals surface area (Å²) in [4.78, 5) is 22.1. The summed E-state index contributed by atoms with van der Waals surface area (Å²) in [5, 5.41) is 7.75. The molecule has 1 unspecified atom stereocenters. The van der Waals surface area contributed by atoms with Gasteiger partial charge in [0, 0.05) is 11.8 Å². The molecule has 2 aromatic carbocycles. The van der Waals surface area contributed by atoms with E-state index < -0.39 is 0 Å². The molecule has 5 heteroatoms. The number of carbonyl (C=O) groups excluding carboxylic acids is 1. The highest BCUT2D eigenvalue weighted by Gasteiger charge is 2.27. The summed E-state index contributed by atoms with van der Waals surface area (Å²) in [6, 6.07) is 19.4. The third kappa shape index (κ3) is 2.84. The van der Waals surface area contributed by atoms with E-state index in [1.807, 2.05) is 60.7 Å². The normalized spacial score (nSPS) is 16.5. The van der Waals surface area contributed by atoms with E-state index in [1.54, 1.807) is 6.20 Å². The van der Waals surface area contributed by atoms with Crippen LogP contribution >= 0.6 is 0 Å². The summed E-state index contributed by atoms with van der Waals surface area (Å²) >= 11 is 0. The van der Waals surface area contributed by atoms with Crippen molar-refractivity contribution in [2.45, 2.75) is 12.5 Å². The van der Waals surface area contributed by atoms with E-state index in [0.717, 1.165) is 16.5 Å². The van der Waals surface area contributed by atoms with Crippen molar-refractivity contribution in [1.29, 1.82) is 0 Å². The van der Waals surface area contributed by atoms with Crippen LogP contribution in [-0.2, 0) is 9.63 Å². The van der Waals surface area contributed by atoms with Gasteiger partial charge in [0.2, 0.25) is 0 Å². The molecule has 0 spiro atoms. The van der Waals surface area contributed by atoms with Crippen molar-refractivity contribution < 1.29 is 9.63 Å². The maximum Gasteiger partial charge on any atom is 0.273 e. The van der Waals surface area contributed by atoms with Crippen LogP contribution in [0.2, 0.25) is 0 Å². The van der Waals surface area contributed by atoms with Gasteiger partial charge >= 0.3 is 0 Å². The molecular formula is C19H15N3O2. The second kappa shape index (κ2) is 6.12. The molecule has 1 aliphatic rings. The van der Waals surface area contributed by atoms with Gasteiger partial charge in [0.05, 0.1) is 17.4 Å². The van der Waals surface area contributed by atoms with Crippen LogP contribution in [-0.4, -0.2) is 16.6 Å². The van der Waals surface area contributed by atoms with E-state index in [1.165, 1.54) is 0 Å². The van der Waals surface area contributed by atoms with Crippen molar-refractivity contribution in [2.75, 3.05) is 5.32 Å². The van der Waals surface area contributed by atoms with Gasteiger partial charge in [-0.2, -0.15) is 0 Å². The molecule has 1 N–H and O–H groups in total. The van der Waals surface area contributed by atoms with Gasteiger partial charge in [0.1, 0.15) is 5.71 Å². The molecule has 0 aliphatic carbocycles. The van der Waals surface area contributed by atoms with Crippen molar-refractivity contribution in [3.63, 3.8) is 0 Å². The van der Waals surface area contributed by atoms with Crippen molar-refractivity contribution >= 4 is 28.2 Å².